The van der Waals surface area contributed by atoms with Crippen molar-refractivity contribution in [1.82, 2.24) is 5.32 Å². The van der Waals surface area contributed by atoms with Crippen molar-refractivity contribution in [1.29, 1.82) is 0 Å². The summed E-state index contributed by atoms with van der Waals surface area (Å²) in [6, 6.07) is 7.07. The second kappa shape index (κ2) is 12.3. The lowest BCUT2D eigenvalue weighted by Gasteiger charge is -2.16. The third-order valence-electron chi connectivity index (χ3n) is 4.00. The maximum Gasteiger partial charge on any atom is 0.333 e. The zero-order chi connectivity index (χ0) is 19.4. The minimum absolute atomic E-state index is 0.132. The third kappa shape index (κ3) is 8.34. The number of hydrogen-bond donors (Lipinski definition) is 2. The highest BCUT2D eigenvalue weighted by Crippen LogP contribution is 2.16. The van der Waals surface area contributed by atoms with Crippen molar-refractivity contribution < 1.29 is 24.2 Å². The SMILES string of the molecule is CCCCCCNC(=O)C(C)Oc1ccc(CC(OCC)C(=O)O)cc1. The van der Waals surface area contributed by atoms with Crippen molar-refractivity contribution in [3.05, 3.63) is 29.8 Å². The number of carbonyl (C=O) groups excluding carboxylic acids is 1. The maximum absolute atomic E-state index is 12.0. The number of carboxylic acids is 1. The molecule has 0 aliphatic carbocycles. The van der Waals surface area contributed by atoms with E-state index < -0.39 is 18.2 Å². The quantitative estimate of drug-likeness (QED) is 0.525. The Bertz CT molecular complexity index is 544. The van der Waals surface area contributed by atoms with Gasteiger partial charge < -0.3 is 19.9 Å². The van der Waals surface area contributed by atoms with Crippen molar-refractivity contribution in [2.24, 2.45) is 0 Å². The van der Waals surface area contributed by atoms with Crippen LogP contribution in [-0.2, 0) is 20.7 Å². The van der Waals surface area contributed by atoms with E-state index in [1.807, 2.05) is 0 Å². The van der Waals surface area contributed by atoms with Crippen LogP contribution < -0.4 is 10.1 Å². The number of aliphatic carboxylic acids is 1. The van der Waals surface area contributed by atoms with E-state index in [4.69, 9.17) is 14.6 Å². The number of carbonyl (C=O) groups is 2. The molecular weight excluding hydrogens is 334 g/mol. The fraction of sp³-hybridized carbons (Fsp3) is 0.600. The molecule has 146 valence electrons. The van der Waals surface area contributed by atoms with Crippen LogP contribution in [-0.4, -0.2) is 42.3 Å². The molecule has 0 heterocycles. The Hall–Kier alpha value is -2.08. The van der Waals surface area contributed by atoms with Gasteiger partial charge in [0.1, 0.15) is 5.75 Å². The number of nitrogens with one attached hydrogen (secondary N) is 1. The Kier molecular flexibility index (Phi) is 10.4. The molecule has 0 bridgehead atoms. The molecule has 2 unspecified atom stereocenters. The van der Waals surface area contributed by atoms with Crippen molar-refractivity contribution in [3.63, 3.8) is 0 Å². The van der Waals surface area contributed by atoms with Gasteiger partial charge in [0.2, 0.25) is 0 Å². The summed E-state index contributed by atoms with van der Waals surface area (Å²) in [4.78, 5) is 23.2. The van der Waals surface area contributed by atoms with Crippen LogP contribution in [0, 0.1) is 0 Å². The molecule has 6 nitrogen and oxygen atoms in total. The highest BCUT2D eigenvalue weighted by molar-refractivity contribution is 5.80. The molecule has 1 aromatic rings. The predicted octanol–water partition coefficient (Wildman–Crippen LogP) is 3.18. The molecule has 0 aliphatic rings. The number of carboxylic acid groups (broad SMARTS) is 1. The second-order valence-electron chi connectivity index (χ2n) is 6.24. The summed E-state index contributed by atoms with van der Waals surface area (Å²) in [7, 11) is 0. The predicted molar refractivity (Wildman–Crippen MR) is 100 cm³/mol. The average Bonchev–Trinajstić information content (AvgIpc) is 2.62. The molecular formula is C20H31NO5. The normalized spacial score (nSPS) is 13.0. The van der Waals surface area contributed by atoms with E-state index >= 15 is 0 Å². The van der Waals surface area contributed by atoms with Gasteiger partial charge in [-0.1, -0.05) is 38.3 Å². The Labute approximate surface area is 155 Å². The minimum atomic E-state index is -0.976. The molecule has 0 saturated heterocycles. The van der Waals surface area contributed by atoms with Gasteiger partial charge in [0.25, 0.3) is 5.91 Å². The molecule has 0 radical (unpaired) electrons. The second-order valence-corrected chi connectivity index (χ2v) is 6.24. The summed E-state index contributed by atoms with van der Waals surface area (Å²) in [5.41, 5.74) is 0.839. The average molecular weight is 365 g/mol. The van der Waals surface area contributed by atoms with Crippen LogP contribution in [0.5, 0.6) is 5.75 Å². The number of rotatable bonds is 13. The Morgan fingerprint density at radius 1 is 1.12 bits per heavy atom. The first kappa shape index (κ1) is 22.0. The van der Waals surface area contributed by atoms with E-state index in [0.717, 1.165) is 18.4 Å². The number of ether oxygens (including phenoxy) is 2. The van der Waals surface area contributed by atoms with Crippen molar-refractivity contribution in [3.8, 4) is 5.75 Å². The van der Waals surface area contributed by atoms with Gasteiger partial charge in [0.05, 0.1) is 0 Å². The molecule has 2 N–H and O–H groups in total. The number of amides is 1. The standard InChI is InChI=1S/C20H31NO5/c1-4-6-7-8-13-21-19(22)15(3)26-17-11-9-16(10-12-17)14-18(20(23)24)25-5-2/h9-12,15,18H,4-8,13-14H2,1-3H3,(H,21,22)(H,23,24). The third-order valence-corrected chi connectivity index (χ3v) is 4.00. The van der Waals surface area contributed by atoms with Crippen LogP contribution in [0.25, 0.3) is 0 Å². The Morgan fingerprint density at radius 3 is 2.38 bits per heavy atom. The lowest BCUT2D eigenvalue weighted by molar-refractivity contribution is -0.150. The molecule has 0 spiro atoms. The molecule has 0 fully saturated rings. The van der Waals surface area contributed by atoms with E-state index in [1.54, 1.807) is 38.1 Å². The molecule has 6 heteroatoms. The lowest BCUT2D eigenvalue weighted by Crippen LogP contribution is -2.36. The summed E-state index contributed by atoms with van der Waals surface area (Å²) in [6.07, 6.45) is 3.29. The van der Waals surface area contributed by atoms with Gasteiger partial charge in [0, 0.05) is 19.6 Å². The zero-order valence-electron chi connectivity index (χ0n) is 16.0. The Balaban J connectivity index is 2.45. The van der Waals surface area contributed by atoms with E-state index in [0.29, 0.717) is 18.9 Å². The fourth-order valence-electron chi connectivity index (χ4n) is 2.50. The van der Waals surface area contributed by atoms with Crippen molar-refractivity contribution in [2.75, 3.05) is 13.2 Å². The highest BCUT2D eigenvalue weighted by Gasteiger charge is 2.18. The molecule has 26 heavy (non-hydrogen) atoms. The van der Waals surface area contributed by atoms with Gasteiger partial charge in [-0.05, 0) is 38.0 Å². The number of benzene rings is 1. The topological polar surface area (TPSA) is 84.9 Å². The van der Waals surface area contributed by atoms with Gasteiger partial charge in [-0.25, -0.2) is 4.79 Å². The molecule has 2 atom stereocenters. The van der Waals surface area contributed by atoms with Crippen LogP contribution in [0.15, 0.2) is 24.3 Å². The van der Waals surface area contributed by atoms with Gasteiger partial charge in [-0.3, -0.25) is 4.79 Å². The summed E-state index contributed by atoms with van der Waals surface area (Å²) in [6.45, 7) is 6.65. The molecule has 0 saturated carbocycles. The monoisotopic (exact) mass is 365 g/mol. The van der Waals surface area contributed by atoms with Crippen LogP contribution in [0.3, 0.4) is 0 Å². The smallest absolute Gasteiger partial charge is 0.333 e. The zero-order valence-corrected chi connectivity index (χ0v) is 16.0. The Morgan fingerprint density at radius 2 is 1.81 bits per heavy atom. The number of hydrogen-bond acceptors (Lipinski definition) is 4. The van der Waals surface area contributed by atoms with Crippen LogP contribution in [0.4, 0.5) is 0 Å². The van der Waals surface area contributed by atoms with Gasteiger partial charge in [-0.15, -0.1) is 0 Å². The molecule has 1 amide bonds. The number of unbranched alkanes of at least 4 members (excludes halogenated alkanes) is 3. The van der Waals surface area contributed by atoms with Crippen molar-refractivity contribution >= 4 is 11.9 Å². The van der Waals surface area contributed by atoms with Crippen LogP contribution in [0.2, 0.25) is 0 Å². The first-order valence-electron chi connectivity index (χ1n) is 9.35. The first-order chi connectivity index (χ1) is 12.5. The summed E-state index contributed by atoms with van der Waals surface area (Å²) < 4.78 is 10.9. The van der Waals surface area contributed by atoms with E-state index in [-0.39, 0.29) is 12.3 Å². The summed E-state index contributed by atoms with van der Waals surface area (Å²) >= 11 is 0. The molecule has 1 aromatic carbocycles. The van der Waals surface area contributed by atoms with Crippen molar-refractivity contribution in [2.45, 2.75) is 65.1 Å². The summed E-state index contributed by atoms with van der Waals surface area (Å²) in [5.74, 6) is -0.532. The first-order valence-corrected chi connectivity index (χ1v) is 9.35. The molecule has 1 rings (SSSR count). The maximum atomic E-state index is 12.0. The minimum Gasteiger partial charge on any atom is -0.481 e. The summed E-state index contributed by atoms with van der Waals surface area (Å²) in [5, 5.41) is 12.0. The van der Waals surface area contributed by atoms with Gasteiger partial charge in [0.15, 0.2) is 12.2 Å². The fourth-order valence-corrected chi connectivity index (χ4v) is 2.50. The van der Waals surface area contributed by atoms with Gasteiger partial charge in [-0.2, -0.15) is 0 Å². The lowest BCUT2D eigenvalue weighted by atomic mass is 10.1. The van der Waals surface area contributed by atoms with Crippen LogP contribution in [0.1, 0.15) is 52.0 Å². The van der Waals surface area contributed by atoms with E-state index in [9.17, 15) is 9.59 Å². The highest BCUT2D eigenvalue weighted by atomic mass is 16.5. The van der Waals surface area contributed by atoms with Crippen LogP contribution >= 0.6 is 0 Å². The molecule has 0 aromatic heterocycles. The largest absolute Gasteiger partial charge is 0.481 e. The molecule has 0 aliphatic heterocycles. The van der Waals surface area contributed by atoms with E-state index in [2.05, 4.69) is 12.2 Å². The van der Waals surface area contributed by atoms with Gasteiger partial charge >= 0.3 is 5.97 Å². The van der Waals surface area contributed by atoms with E-state index in [1.165, 1.54) is 12.8 Å².